The second kappa shape index (κ2) is 10.0. The minimum Gasteiger partial charge on any atom is -0.431 e. The van der Waals surface area contributed by atoms with Crippen molar-refractivity contribution >= 4 is 38.8 Å². The number of fused-ring (bicyclic) bond motifs is 1. The number of sulfonamides is 1. The molecule has 0 unspecified atom stereocenters. The highest BCUT2D eigenvalue weighted by Gasteiger charge is 2.24. The summed E-state index contributed by atoms with van der Waals surface area (Å²) in [5, 5.41) is 2.94. The van der Waals surface area contributed by atoms with Gasteiger partial charge in [0.15, 0.2) is 5.58 Å². The van der Waals surface area contributed by atoms with E-state index in [4.69, 9.17) is 4.42 Å². The highest BCUT2D eigenvalue weighted by molar-refractivity contribution is 8.00. The van der Waals surface area contributed by atoms with Crippen molar-refractivity contribution in [2.75, 3.05) is 14.1 Å². The number of rotatable bonds is 8. The first kappa shape index (κ1) is 24.0. The highest BCUT2D eigenvalue weighted by atomic mass is 32.2. The van der Waals surface area contributed by atoms with E-state index in [-0.39, 0.29) is 16.8 Å². The number of aromatic nitrogens is 1. The lowest BCUT2D eigenvalue weighted by Gasteiger charge is -2.21. The Morgan fingerprint density at radius 2 is 1.56 bits per heavy atom. The standard InChI is InChI=1S/C25H25N3O4S2/c1-17(24(29)27-23(18-10-6-4-7-11-18)19-12-8-5-9-13-19)33-25-26-21-16-20(14-15-22(21)32-25)34(30,31)28(2)3/h4-17,23H,1-3H3,(H,27,29)/t17-/m0/s1. The Morgan fingerprint density at radius 1 is 0.971 bits per heavy atom. The number of benzene rings is 3. The molecule has 9 heteroatoms. The van der Waals surface area contributed by atoms with Crippen LogP contribution in [0.3, 0.4) is 0 Å². The van der Waals surface area contributed by atoms with Gasteiger partial charge in [0.05, 0.1) is 16.2 Å². The van der Waals surface area contributed by atoms with E-state index >= 15 is 0 Å². The van der Waals surface area contributed by atoms with Crippen molar-refractivity contribution in [3.05, 3.63) is 90.0 Å². The first-order valence-corrected chi connectivity index (χ1v) is 13.0. The fourth-order valence-corrected chi connectivity index (χ4v) is 5.11. The molecule has 1 amide bonds. The van der Waals surface area contributed by atoms with Crippen molar-refractivity contribution in [3.63, 3.8) is 0 Å². The van der Waals surface area contributed by atoms with Crippen molar-refractivity contribution in [2.24, 2.45) is 0 Å². The van der Waals surface area contributed by atoms with E-state index in [1.165, 1.54) is 38.0 Å². The number of carbonyl (C=O) groups is 1. The van der Waals surface area contributed by atoms with Gasteiger partial charge < -0.3 is 9.73 Å². The summed E-state index contributed by atoms with van der Waals surface area (Å²) in [5.74, 6) is -0.166. The molecule has 176 valence electrons. The van der Waals surface area contributed by atoms with E-state index < -0.39 is 15.3 Å². The van der Waals surface area contributed by atoms with E-state index in [1.807, 2.05) is 60.7 Å². The maximum absolute atomic E-state index is 13.1. The summed E-state index contributed by atoms with van der Waals surface area (Å²) in [5.41, 5.74) is 2.84. The molecule has 0 bridgehead atoms. The average molecular weight is 496 g/mol. The second-order valence-electron chi connectivity index (χ2n) is 7.92. The van der Waals surface area contributed by atoms with E-state index in [2.05, 4.69) is 10.3 Å². The minimum absolute atomic E-state index is 0.134. The zero-order valence-corrected chi connectivity index (χ0v) is 20.6. The molecular formula is C25H25N3O4S2. The quantitative estimate of drug-likeness (QED) is 0.363. The summed E-state index contributed by atoms with van der Waals surface area (Å²) >= 11 is 1.18. The van der Waals surface area contributed by atoms with E-state index in [1.54, 1.807) is 13.0 Å². The molecule has 0 fully saturated rings. The molecule has 0 spiro atoms. The molecule has 34 heavy (non-hydrogen) atoms. The zero-order valence-electron chi connectivity index (χ0n) is 19.0. The van der Waals surface area contributed by atoms with Gasteiger partial charge in [-0.2, -0.15) is 0 Å². The smallest absolute Gasteiger partial charge is 0.257 e. The molecule has 4 rings (SSSR count). The van der Waals surface area contributed by atoms with Crippen molar-refractivity contribution < 1.29 is 17.6 Å². The average Bonchev–Trinajstić information content (AvgIpc) is 3.24. The van der Waals surface area contributed by atoms with E-state index in [0.717, 1.165) is 15.4 Å². The molecule has 1 heterocycles. The van der Waals surface area contributed by atoms with Crippen LogP contribution in [0.4, 0.5) is 0 Å². The van der Waals surface area contributed by atoms with Crippen molar-refractivity contribution in [3.8, 4) is 0 Å². The van der Waals surface area contributed by atoms with Crippen LogP contribution >= 0.6 is 11.8 Å². The molecule has 0 aliphatic carbocycles. The molecule has 1 aromatic heterocycles. The predicted molar refractivity (Wildman–Crippen MR) is 133 cm³/mol. The molecule has 3 aromatic carbocycles. The van der Waals surface area contributed by atoms with Gasteiger partial charge in [0.25, 0.3) is 5.22 Å². The minimum atomic E-state index is -3.58. The number of nitrogens with zero attached hydrogens (tertiary/aromatic N) is 2. The van der Waals surface area contributed by atoms with Crippen LogP contribution in [0.5, 0.6) is 0 Å². The van der Waals surface area contributed by atoms with Gasteiger partial charge in [0, 0.05) is 14.1 Å². The number of thioether (sulfide) groups is 1. The van der Waals surface area contributed by atoms with Gasteiger partial charge in [-0.25, -0.2) is 17.7 Å². The van der Waals surface area contributed by atoms with Crippen LogP contribution in [0, 0.1) is 0 Å². The maximum atomic E-state index is 13.1. The number of hydrogen-bond donors (Lipinski definition) is 1. The van der Waals surface area contributed by atoms with Gasteiger partial charge in [0.2, 0.25) is 15.9 Å². The highest BCUT2D eigenvalue weighted by Crippen LogP contribution is 2.30. The Balaban J connectivity index is 1.52. The SMILES string of the molecule is C[C@H](Sc1nc2cc(S(=O)(=O)N(C)C)ccc2o1)C(=O)NC(c1ccccc1)c1ccccc1. The molecule has 0 aliphatic heterocycles. The summed E-state index contributed by atoms with van der Waals surface area (Å²) in [6, 6.07) is 23.8. The normalized spacial score (nSPS) is 12.9. The van der Waals surface area contributed by atoms with Crippen LogP contribution in [-0.4, -0.2) is 43.0 Å². The summed E-state index contributed by atoms with van der Waals surface area (Å²) in [6.07, 6.45) is 0. The zero-order chi connectivity index (χ0) is 24.3. The fraction of sp³-hybridized carbons (Fsp3) is 0.200. The van der Waals surface area contributed by atoms with Gasteiger partial charge in [-0.3, -0.25) is 4.79 Å². The van der Waals surface area contributed by atoms with E-state index in [0.29, 0.717) is 16.3 Å². The Morgan fingerprint density at radius 3 is 2.12 bits per heavy atom. The topological polar surface area (TPSA) is 92.5 Å². The van der Waals surface area contributed by atoms with Crippen molar-refractivity contribution in [1.82, 2.24) is 14.6 Å². The third-order valence-corrected chi connectivity index (χ3v) is 8.07. The molecule has 0 saturated heterocycles. The Hall–Kier alpha value is -3.14. The number of nitrogens with one attached hydrogen (secondary N) is 1. The van der Waals surface area contributed by atoms with Gasteiger partial charge in [0.1, 0.15) is 5.52 Å². The van der Waals surface area contributed by atoms with Crippen LogP contribution < -0.4 is 5.32 Å². The molecular weight excluding hydrogens is 470 g/mol. The van der Waals surface area contributed by atoms with Crippen LogP contribution in [0.1, 0.15) is 24.1 Å². The lowest BCUT2D eigenvalue weighted by Crippen LogP contribution is -2.34. The molecule has 1 N–H and O–H groups in total. The Kier molecular flexibility index (Phi) is 7.06. The van der Waals surface area contributed by atoms with Crippen molar-refractivity contribution in [1.29, 1.82) is 0 Å². The molecule has 0 radical (unpaired) electrons. The summed E-state index contributed by atoms with van der Waals surface area (Å²) < 4.78 is 31.7. The fourth-order valence-electron chi connectivity index (χ4n) is 3.42. The largest absolute Gasteiger partial charge is 0.431 e. The van der Waals surface area contributed by atoms with Gasteiger partial charge in [-0.05, 0) is 36.2 Å². The third-order valence-electron chi connectivity index (χ3n) is 5.32. The first-order chi connectivity index (χ1) is 16.3. The maximum Gasteiger partial charge on any atom is 0.257 e. The first-order valence-electron chi connectivity index (χ1n) is 10.7. The molecule has 0 saturated carbocycles. The molecule has 4 aromatic rings. The summed E-state index contributed by atoms with van der Waals surface area (Å²) in [6.45, 7) is 1.78. The predicted octanol–water partition coefficient (Wildman–Crippen LogP) is 4.46. The van der Waals surface area contributed by atoms with Gasteiger partial charge in [-0.15, -0.1) is 0 Å². The lowest BCUT2D eigenvalue weighted by molar-refractivity contribution is -0.120. The van der Waals surface area contributed by atoms with Gasteiger partial charge in [-0.1, -0.05) is 72.4 Å². The Bertz CT molecular complexity index is 1350. The van der Waals surface area contributed by atoms with Crippen LogP contribution in [0.15, 0.2) is 93.4 Å². The number of hydrogen-bond acceptors (Lipinski definition) is 6. The molecule has 7 nitrogen and oxygen atoms in total. The Labute approximate surface area is 203 Å². The van der Waals surface area contributed by atoms with Gasteiger partial charge >= 0.3 is 0 Å². The molecule has 1 atom stereocenters. The second-order valence-corrected chi connectivity index (χ2v) is 11.4. The monoisotopic (exact) mass is 495 g/mol. The number of amides is 1. The summed E-state index contributed by atoms with van der Waals surface area (Å²) in [4.78, 5) is 17.6. The van der Waals surface area contributed by atoms with Crippen LogP contribution in [0.2, 0.25) is 0 Å². The van der Waals surface area contributed by atoms with Crippen molar-refractivity contribution in [2.45, 2.75) is 28.3 Å². The number of carbonyl (C=O) groups excluding carboxylic acids is 1. The lowest BCUT2D eigenvalue weighted by atomic mass is 9.98. The van der Waals surface area contributed by atoms with E-state index in [9.17, 15) is 13.2 Å². The number of oxazole rings is 1. The van der Waals surface area contributed by atoms with Crippen LogP contribution in [-0.2, 0) is 14.8 Å². The summed E-state index contributed by atoms with van der Waals surface area (Å²) in [7, 11) is -0.633. The van der Waals surface area contributed by atoms with Crippen LogP contribution in [0.25, 0.3) is 11.1 Å². The molecule has 0 aliphatic rings. The third kappa shape index (κ3) is 5.16.